The van der Waals surface area contributed by atoms with Gasteiger partial charge in [0.05, 0.1) is 6.61 Å². The van der Waals surface area contributed by atoms with Crippen LogP contribution in [0.2, 0.25) is 0 Å². The van der Waals surface area contributed by atoms with Gasteiger partial charge in [0.15, 0.2) is 0 Å². The molecule has 0 N–H and O–H groups in total. The van der Waals surface area contributed by atoms with E-state index in [1.165, 1.54) is 4.90 Å². The summed E-state index contributed by atoms with van der Waals surface area (Å²) in [6.45, 7) is 11.5. The third-order valence-electron chi connectivity index (χ3n) is 3.87. The number of amides is 3. The van der Waals surface area contributed by atoms with Gasteiger partial charge >= 0.3 is 12.4 Å². The van der Waals surface area contributed by atoms with Crippen molar-refractivity contribution in [3.05, 3.63) is 0 Å². The normalized spacial score (nSPS) is 22.1. The van der Waals surface area contributed by atoms with Crippen LogP contribution in [-0.4, -0.2) is 52.8 Å². The first-order chi connectivity index (χ1) is 10.4. The van der Waals surface area contributed by atoms with Gasteiger partial charge in [0.1, 0.15) is 5.54 Å². The van der Waals surface area contributed by atoms with Crippen molar-refractivity contribution in [1.82, 2.24) is 9.80 Å². The summed E-state index contributed by atoms with van der Waals surface area (Å²) in [7, 11) is 0. The highest BCUT2D eigenvalue weighted by Gasteiger charge is 2.56. The maximum Gasteiger partial charge on any atom is 0.522 e. The zero-order valence-electron chi connectivity index (χ0n) is 14.8. The van der Waals surface area contributed by atoms with Crippen LogP contribution < -0.4 is 0 Å². The molecule has 0 aromatic heterocycles. The van der Waals surface area contributed by atoms with E-state index in [1.54, 1.807) is 34.6 Å². The molecule has 0 aliphatic carbocycles. The van der Waals surface area contributed by atoms with Crippen molar-refractivity contribution in [2.75, 3.05) is 13.2 Å². The van der Waals surface area contributed by atoms with Crippen molar-refractivity contribution < 1.29 is 27.5 Å². The molecule has 0 aromatic rings. The van der Waals surface area contributed by atoms with Crippen LogP contribution in [0.25, 0.3) is 0 Å². The molecule has 1 atom stereocenters. The molecule has 0 spiro atoms. The van der Waals surface area contributed by atoms with Crippen LogP contribution in [0.5, 0.6) is 0 Å². The third kappa shape index (κ3) is 4.59. The van der Waals surface area contributed by atoms with Crippen LogP contribution >= 0.6 is 0 Å². The van der Waals surface area contributed by atoms with Crippen LogP contribution in [-0.2, 0) is 9.53 Å². The van der Waals surface area contributed by atoms with Gasteiger partial charge in [-0.3, -0.25) is 14.4 Å². The largest absolute Gasteiger partial charge is 0.522 e. The molecule has 8 heteroatoms. The van der Waals surface area contributed by atoms with Gasteiger partial charge in [0.25, 0.3) is 5.91 Å². The lowest BCUT2D eigenvalue weighted by molar-refractivity contribution is -0.325. The number of carbonyl (C=O) groups excluding carboxylic acids is 2. The molecule has 0 aromatic carbocycles. The molecule has 0 radical (unpaired) electrons. The van der Waals surface area contributed by atoms with Gasteiger partial charge in [-0.2, -0.15) is 0 Å². The molecular formula is C15H27F3N2O3. The summed E-state index contributed by atoms with van der Waals surface area (Å²) in [4.78, 5) is 27.1. The molecule has 0 bridgehead atoms. The summed E-state index contributed by atoms with van der Waals surface area (Å²) in [5.74, 6) is -0.618. The molecule has 0 saturated carbocycles. The van der Waals surface area contributed by atoms with Crippen LogP contribution in [0.4, 0.5) is 18.0 Å². The summed E-state index contributed by atoms with van der Waals surface area (Å²) in [6, 6.07) is -0.923. The minimum atomic E-state index is -4.75. The van der Waals surface area contributed by atoms with Gasteiger partial charge in [0.2, 0.25) is 0 Å². The van der Waals surface area contributed by atoms with Crippen molar-refractivity contribution in [3.63, 3.8) is 0 Å². The monoisotopic (exact) mass is 340 g/mol. The van der Waals surface area contributed by atoms with E-state index >= 15 is 0 Å². The molecule has 1 aliphatic heterocycles. The standard InChI is InChI=1S/C13H21F3N2O3.C2H6/c1-8(2)12(5)10(19)18(9(3)4)11(20)17(12)6-7-21-13(14,15)16;1-2/h8-9H,6-7H2,1-5H3;1-2H3. The zero-order chi connectivity index (χ0) is 18.6. The van der Waals surface area contributed by atoms with E-state index < -0.39 is 24.5 Å². The van der Waals surface area contributed by atoms with Crippen LogP contribution in [0.15, 0.2) is 0 Å². The predicted octanol–water partition coefficient (Wildman–Crippen LogP) is 3.64. The minimum Gasteiger partial charge on any atom is -0.307 e. The second-order valence-electron chi connectivity index (χ2n) is 5.80. The number of nitrogens with zero attached hydrogens (tertiary/aromatic N) is 2. The lowest BCUT2D eigenvalue weighted by atomic mass is 9.87. The molecule has 1 heterocycles. The van der Waals surface area contributed by atoms with Gasteiger partial charge in [-0.25, -0.2) is 4.79 Å². The van der Waals surface area contributed by atoms with Crippen molar-refractivity contribution in [3.8, 4) is 0 Å². The van der Waals surface area contributed by atoms with Crippen molar-refractivity contribution in [2.24, 2.45) is 5.92 Å². The molecule has 1 unspecified atom stereocenters. The fourth-order valence-corrected chi connectivity index (χ4v) is 2.37. The lowest BCUT2D eigenvalue weighted by Gasteiger charge is -2.35. The van der Waals surface area contributed by atoms with E-state index in [0.717, 1.165) is 4.90 Å². The first-order valence-electron chi connectivity index (χ1n) is 7.78. The second-order valence-corrected chi connectivity index (χ2v) is 5.80. The minimum absolute atomic E-state index is 0.233. The maximum absolute atomic E-state index is 12.5. The SMILES string of the molecule is CC.CC(C)N1C(=O)N(CCOC(F)(F)F)C(C)(C(C)C)C1=O. The Morgan fingerprint density at radius 2 is 1.61 bits per heavy atom. The molecular weight excluding hydrogens is 313 g/mol. The molecule has 23 heavy (non-hydrogen) atoms. The maximum atomic E-state index is 12.5. The average Bonchev–Trinajstić information content (AvgIpc) is 2.61. The quantitative estimate of drug-likeness (QED) is 0.718. The van der Waals surface area contributed by atoms with Gasteiger partial charge in [-0.1, -0.05) is 27.7 Å². The Morgan fingerprint density at radius 3 is 1.96 bits per heavy atom. The fraction of sp³-hybridized carbons (Fsp3) is 0.867. The van der Waals surface area contributed by atoms with Crippen molar-refractivity contribution in [1.29, 1.82) is 0 Å². The topological polar surface area (TPSA) is 49.9 Å². The van der Waals surface area contributed by atoms with Gasteiger partial charge in [0, 0.05) is 12.6 Å². The summed E-state index contributed by atoms with van der Waals surface area (Å²) < 4.78 is 39.9. The molecule has 5 nitrogen and oxygen atoms in total. The number of hydrogen-bond acceptors (Lipinski definition) is 3. The molecule has 136 valence electrons. The van der Waals surface area contributed by atoms with Crippen LogP contribution in [0, 0.1) is 5.92 Å². The molecule has 1 aliphatic rings. The predicted molar refractivity (Wildman–Crippen MR) is 80.7 cm³/mol. The number of halogens is 3. The Hall–Kier alpha value is -1.31. The lowest BCUT2D eigenvalue weighted by Crippen LogP contribution is -2.52. The van der Waals surface area contributed by atoms with Gasteiger partial charge < -0.3 is 4.90 Å². The molecule has 1 fully saturated rings. The number of hydrogen-bond donors (Lipinski definition) is 0. The van der Waals surface area contributed by atoms with Crippen molar-refractivity contribution in [2.45, 2.75) is 66.4 Å². The zero-order valence-corrected chi connectivity index (χ0v) is 14.8. The summed E-state index contributed by atoms with van der Waals surface area (Å²) >= 11 is 0. The first kappa shape index (κ1) is 21.7. The van der Waals surface area contributed by atoms with Crippen LogP contribution in [0.1, 0.15) is 48.5 Å². The number of urea groups is 1. The fourth-order valence-electron chi connectivity index (χ4n) is 2.37. The highest BCUT2D eigenvalue weighted by Crippen LogP contribution is 2.35. The Bertz CT molecular complexity index is 425. The Labute approximate surface area is 135 Å². The molecule has 3 amide bonds. The smallest absolute Gasteiger partial charge is 0.307 e. The Balaban J connectivity index is 0.00000232. The van der Waals surface area contributed by atoms with Gasteiger partial charge in [-0.15, -0.1) is 13.2 Å². The number of imide groups is 1. The first-order valence-corrected chi connectivity index (χ1v) is 7.78. The van der Waals surface area contributed by atoms with E-state index in [0.29, 0.717) is 0 Å². The molecule has 1 saturated heterocycles. The highest BCUT2D eigenvalue weighted by molar-refractivity contribution is 6.07. The van der Waals surface area contributed by atoms with E-state index in [4.69, 9.17) is 0 Å². The average molecular weight is 340 g/mol. The number of alkyl halides is 3. The summed E-state index contributed by atoms with van der Waals surface area (Å²) in [5, 5.41) is 0. The number of carbonyl (C=O) groups is 2. The summed E-state index contributed by atoms with van der Waals surface area (Å²) in [5.41, 5.74) is -1.16. The molecule has 1 rings (SSSR count). The number of rotatable bonds is 5. The highest BCUT2D eigenvalue weighted by atomic mass is 19.4. The van der Waals surface area contributed by atoms with E-state index in [2.05, 4.69) is 4.74 Å². The second kappa shape index (κ2) is 7.99. The third-order valence-corrected chi connectivity index (χ3v) is 3.87. The van der Waals surface area contributed by atoms with E-state index in [-0.39, 0.29) is 24.4 Å². The van der Waals surface area contributed by atoms with E-state index in [9.17, 15) is 22.8 Å². The summed E-state index contributed by atoms with van der Waals surface area (Å²) in [6.07, 6.45) is -4.75. The Kier molecular flexibility index (Phi) is 7.53. The van der Waals surface area contributed by atoms with Gasteiger partial charge in [-0.05, 0) is 26.7 Å². The Morgan fingerprint density at radius 1 is 1.13 bits per heavy atom. The van der Waals surface area contributed by atoms with Crippen LogP contribution in [0.3, 0.4) is 0 Å². The van der Waals surface area contributed by atoms with Crippen molar-refractivity contribution >= 4 is 11.9 Å². The number of ether oxygens (including phenoxy) is 1. The van der Waals surface area contributed by atoms with E-state index in [1.807, 2.05) is 13.8 Å².